The van der Waals surface area contributed by atoms with E-state index < -0.39 is 5.97 Å². The Morgan fingerprint density at radius 2 is 1.94 bits per heavy atom. The lowest BCUT2D eigenvalue weighted by molar-refractivity contribution is -0.141. The van der Waals surface area contributed by atoms with Gasteiger partial charge >= 0.3 is 5.97 Å². The molecule has 0 bridgehead atoms. The van der Waals surface area contributed by atoms with Crippen LogP contribution in [0.5, 0.6) is 0 Å². The average molecular weight is 226 g/mol. The number of Topliss-reactive ketones (excluding diaryl/α,β-unsaturated/α-hetero) is 1. The van der Waals surface area contributed by atoms with Gasteiger partial charge in [-0.05, 0) is 19.3 Å². The molecule has 0 aromatic carbocycles. The predicted molar refractivity (Wildman–Crippen MR) is 64.1 cm³/mol. The van der Waals surface area contributed by atoms with Crippen molar-refractivity contribution in [1.82, 2.24) is 0 Å². The molecule has 0 atom stereocenters. The standard InChI is InChI=1S/C13H22O3/c1-5-6-7-8-12(11(4)14)13(15)16-9-10(2)3/h8,10H,5-7,9H2,1-4H3. The van der Waals surface area contributed by atoms with Crippen LogP contribution in [0.3, 0.4) is 0 Å². The van der Waals surface area contributed by atoms with Gasteiger partial charge in [0.1, 0.15) is 0 Å². The number of carbonyl (C=O) groups excluding carboxylic acids is 2. The highest BCUT2D eigenvalue weighted by Gasteiger charge is 2.15. The Kier molecular flexibility index (Phi) is 7.52. The minimum atomic E-state index is -0.489. The molecule has 0 saturated carbocycles. The summed E-state index contributed by atoms with van der Waals surface area (Å²) in [7, 11) is 0. The molecular formula is C13H22O3. The van der Waals surface area contributed by atoms with Gasteiger partial charge in [0.2, 0.25) is 0 Å². The zero-order valence-electron chi connectivity index (χ0n) is 10.7. The molecule has 0 unspecified atom stereocenters. The number of allylic oxidation sites excluding steroid dienone is 1. The van der Waals surface area contributed by atoms with Gasteiger partial charge in [-0.3, -0.25) is 4.79 Å². The molecular weight excluding hydrogens is 204 g/mol. The van der Waals surface area contributed by atoms with E-state index >= 15 is 0 Å². The number of ether oxygens (including phenoxy) is 1. The molecule has 0 radical (unpaired) electrons. The maximum Gasteiger partial charge on any atom is 0.341 e. The lowest BCUT2D eigenvalue weighted by atomic mass is 10.1. The van der Waals surface area contributed by atoms with Gasteiger partial charge in [0.15, 0.2) is 5.78 Å². The van der Waals surface area contributed by atoms with Crippen molar-refractivity contribution in [2.24, 2.45) is 5.92 Å². The van der Waals surface area contributed by atoms with E-state index in [1.165, 1.54) is 6.92 Å². The smallest absolute Gasteiger partial charge is 0.341 e. The summed E-state index contributed by atoms with van der Waals surface area (Å²) in [6, 6.07) is 0. The summed E-state index contributed by atoms with van der Waals surface area (Å²) in [6.07, 6.45) is 4.47. The summed E-state index contributed by atoms with van der Waals surface area (Å²) in [6.45, 7) is 7.74. The predicted octanol–water partition coefficient (Wildman–Crippen LogP) is 2.89. The van der Waals surface area contributed by atoms with E-state index in [9.17, 15) is 9.59 Å². The number of esters is 1. The van der Waals surface area contributed by atoms with Crippen molar-refractivity contribution in [1.29, 1.82) is 0 Å². The van der Waals surface area contributed by atoms with E-state index in [0.717, 1.165) is 19.3 Å². The zero-order chi connectivity index (χ0) is 12.6. The third-order valence-electron chi connectivity index (χ3n) is 2.05. The van der Waals surface area contributed by atoms with Gasteiger partial charge in [0, 0.05) is 0 Å². The molecule has 0 rings (SSSR count). The Morgan fingerprint density at radius 1 is 1.31 bits per heavy atom. The van der Waals surface area contributed by atoms with Crippen molar-refractivity contribution in [3.05, 3.63) is 11.6 Å². The van der Waals surface area contributed by atoms with Gasteiger partial charge in [-0.1, -0.05) is 39.7 Å². The largest absolute Gasteiger partial charge is 0.462 e. The lowest BCUT2D eigenvalue weighted by Gasteiger charge is -2.08. The monoisotopic (exact) mass is 226 g/mol. The number of unbranched alkanes of at least 4 members (excludes halogenated alkanes) is 2. The van der Waals surface area contributed by atoms with E-state index in [2.05, 4.69) is 6.92 Å². The fraction of sp³-hybridized carbons (Fsp3) is 0.692. The van der Waals surface area contributed by atoms with E-state index in [4.69, 9.17) is 4.74 Å². The van der Waals surface area contributed by atoms with Crippen LogP contribution in [0.4, 0.5) is 0 Å². The van der Waals surface area contributed by atoms with Crippen molar-refractivity contribution in [3.63, 3.8) is 0 Å². The number of ketones is 1. The van der Waals surface area contributed by atoms with E-state index in [1.54, 1.807) is 6.08 Å². The molecule has 0 N–H and O–H groups in total. The molecule has 3 heteroatoms. The van der Waals surface area contributed by atoms with Gasteiger partial charge in [-0.2, -0.15) is 0 Å². The summed E-state index contributed by atoms with van der Waals surface area (Å²) in [5, 5.41) is 0. The van der Waals surface area contributed by atoms with E-state index in [-0.39, 0.29) is 17.3 Å². The van der Waals surface area contributed by atoms with Crippen LogP contribution < -0.4 is 0 Å². The molecule has 0 fully saturated rings. The first kappa shape index (κ1) is 14.9. The Bertz CT molecular complexity index is 264. The highest BCUT2D eigenvalue weighted by atomic mass is 16.5. The molecule has 0 aromatic rings. The van der Waals surface area contributed by atoms with Crippen LogP contribution in [0.2, 0.25) is 0 Å². The molecule has 0 aliphatic carbocycles. The van der Waals surface area contributed by atoms with Crippen LogP contribution in [0.25, 0.3) is 0 Å². The van der Waals surface area contributed by atoms with Crippen LogP contribution in [-0.4, -0.2) is 18.4 Å². The molecule has 0 saturated heterocycles. The normalized spacial score (nSPS) is 11.7. The second kappa shape index (κ2) is 8.08. The molecule has 92 valence electrons. The maximum atomic E-state index is 11.6. The third-order valence-corrected chi connectivity index (χ3v) is 2.05. The summed E-state index contributed by atoms with van der Waals surface area (Å²) in [5.41, 5.74) is 0.189. The summed E-state index contributed by atoms with van der Waals surface area (Å²) < 4.78 is 5.03. The molecule has 0 aliphatic heterocycles. The van der Waals surface area contributed by atoms with Crippen LogP contribution in [0.15, 0.2) is 11.6 Å². The molecule has 0 amide bonds. The zero-order valence-corrected chi connectivity index (χ0v) is 10.7. The van der Waals surface area contributed by atoms with Crippen LogP contribution >= 0.6 is 0 Å². The van der Waals surface area contributed by atoms with E-state index in [0.29, 0.717) is 6.61 Å². The van der Waals surface area contributed by atoms with Crippen LogP contribution in [-0.2, 0) is 14.3 Å². The maximum absolute atomic E-state index is 11.6. The SMILES string of the molecule is CCCCC=C(C(C)=O)C(=O)OCC(C)C. The minimum absolute atomic E-state index is 0.189. The van der Waals surface area contributed by atoms with Gasteiger partial charge in [0.05, 0.1) is 12.2 Å². The molecule has 0 heterocycles. The van der Waals surface area contributed by atoms with Crippen molar-refractivity contribution < 1.29 is 14.3 Å². The number of hydrogen-bond acceptors (Lipinski definition) is 3. The molecule has 0 aromatic heterocycles. The number of hydrogen-bond donors (Lipinski definition) is 0. The summed E-state index contributed by atoms with van der Waals surface area (Å²) >= 11 is 0. The lowest BCUT2D eigenvalue weighted by Crippen LogP contribution is -2.16. The van der Waals surface area contributed by atoms with Crippen molar-refractivity contribution in [3.8, 4) is 0 Å². The fourth-order valence-electron chi connectivity index (χ4n) is 1.14. The highest BCUT2D eigenvalue weighted by molar-refractivity contribution is 6.16. The van der Waals surface area contributed by atoms with Crippen LogP contribution in [0.1, 0.15) is 47.0 Å². The van der Waals surface area contributed by atoms with Gasteiger partial charge in [-0.15, -0.1) is 0 Å². The number of carbonyl (C=O) groups is 2. The fourth-order valence-corrected chi connectivity index (χ4v) is 1.14. The second-order valence-electron chi connectivity index (χ2n) is 4.31. The van der Waals surface area contributed by atoms with Gasteiger partial charge in [-0.25, -0.2) is 4.79 Å². The highest BCUT2D eigenvalue weighted by Crippen LogP contribution is 2.06. The molecule has 3 nitrogen and oxygen atoms in total. The summed E-state index contributed by atoms with van der Waals surface area (Å²) in [5.74, 6) is -0.421. The summed E-state index contributed by atoms with van der Waals surface area (Å²) in [4.78, 5) is 22.8. The molecule has 0 aliphatic rings. The molecule has 0 spiro atoms. The minimum Gasteiger partial charge on any atom is -0.462 e. The third kappa shape index (κ3) is 6.38. The van der Waals surface area contributed by atoms with E-state index in [1.807, 2.05) is 13.8 Å². The van der Waals surface area contributed by atoms with Gasteiger partial charge in [0.25, 0.3) is 0 Å². The first-order valence-electron chi connectivity index (χ1n) is 5.87. The number of rotatable bonds is 7. The van der Waals surface area contributed by atoms with Crippen molar-refractivity contribution in [2.45, 2.75) is 47.0 Å². The quantitative estimate of drug-likeness (QED) is 0.220. The topological polar surface area (TPSA) is 43.4 Å². The van der Waals surface area contributed by atoms with Crippen molar-refractivity contribution >= 4 is 11.8 Å². The van der Waals surface area contributed by atoms with Crippen molar-refractivity contribution in [2.75, 3.05) is 6.61 Å². The average Bonchev–Trinajstić information content (AvgIpc) is 2.20. The first-order valence-corrected chi connectivity index (χ1v) is 5.87. The van der Waals surface area contributed by atoms with Gasteiger partial charge < -0.3 is 4.74 Å². The Balaban J connectivity index is 4.35. The first-order chi connectivity index (χ1) is 7.49. The Labute approximate surface area is 97.9 Å². The Hall–Kier alpha value is -1.12. The second-order valence-corrected chi connectivity index (χ2v) is 4.31. The Morgan fingerprint density at radius 3 is 2.38 bits per heavy atom. The molecule has 16 heavy (non-hydrogen) atoms. The van der Waals surface area contributed by atoms with Crippen LogP contribution in [0, 0.1) is 5.92 Å².